The summed E-state index contributed by atoms with van der Waals surface area (Å²) in [6, 6.07) is 10.3. The summed E-state index contributed by atoms with van der Waals surface area (Å²) in [4.78, 5) is 34.8. The van der Waals surface area contributed by atoms with Crippen molar-refractivity contribution in [1.29, 1.82) is 0 Å². The highest BCUT2D eigenvalue weighted by molar-refractivity contribution is 7.09. The van der Waals surface area contributed by atoms with Crippen LogP contribution in [-0.4, -0.2) is 58.4 Å². The lowest BCUT2D eigenvalue weighted by molar-refractivity contribution is -0.134. The van der Waals surface area contributed by atoms with Crippen molar-refractivity contribution in [2.24, 2.45) is 0 Å². The van der Waals surface area contributed by atoms with Crippen molar-refractivity contribution in [3.05, 3.63) is 46.4 Å². The van der Waals surface area contributed by atoms with E-state index in [4.69, 9.17) is 9.72 Å². The number of carbonyl (C=O) groups excluding carboxylic acids is 2. The molecular weight excluding hydrogens is 434 g/mol. The van der Waals surface area contributed by atoms with E-state index in [1.165, 1.54) is 19.3 Å². The normalized spacial score (nSPS) is 19.9. The maximum atomic E-state index is 13.4. The summed E-state index contributed by atoms with van der Waals surface area (Å²) in [5.41, 5.74) is 0.627. The Balaban J connectivity index is 1.14. The highest BCUT2D eigenvalue weighted by atomic mass is 32.1. The first-order valence-corrected chi connectivity index (χ1v) is 13.3. The molecule has 0 spiro atoms. The van der Waals surface area contributed by atoms with Gasteiger partial charge in [0.2, 0.25) is 0 Å². The van der Waals surface area contributed by atoms with Crippen LogP contribution in [0.25, 0.3) is 0 Å². The molecule has 0 atom stereocenters. The van der Waals surface area contributed by atoms with Crippen LogP contribution in [0.15, 0.2) is 35.7 Å². The molecule has 1 aliphatic heterocycles. The van der Waals surface area contributed by atoms with Gasteiger partial charge in [-0.2, -0.15) is 0 Å². The van der Waals surface area contributed by atoms with Crippen LogP contribution in [0.5, 0.6) is 5.75 Å². The van der Waals surface area contributed by atoms with Crippen LogP contribution in [0, 0.1) is 0 Å². The number of likely N-dealkylation sites (tertiary alicyclic amines) is 1. The van der Waals surface area contributed by atoms with Gasteiger partial charge in [-0.3, -0.25) is 9.59 Å². The standard InChI is InChI=1S/C26H33N3O3S/c30-24(17-32-22-9-5-2-6-10-22)28-15-13-19(14-16-28)25-27-23(18-33-25)26(31)29(21-11-12-21)20-7-3-1-4-8-20/h2,5-6,9-10,18-21H,1,3-4,7-8,11-17H2. The lowest BCUT2D eigenvalue weighted by Gasteiger charge is -2.34. The van der Waals surface area contributed by atoms with Crippen molar-refractivity contribution < 1.29 is 14.3 Å². The largest absolute Gasteiger partial charge is 0.484 e. The minimum atomic E-state index is 0.0277. The molecular formula is C26H33N3O3S. The predicted octanol–water partition coefficient (Wildman–Crippen LogP) is 4.87. The van der Waals surface area contributed by atoms with Crippen LogP contribution >= 0.6 is 11.3 Å². The topological polar surface area (TPSA) is 62.7 Å². The van der Waals surface area contributed by atoms with E-state index in [-0.39, 0.29) is 18.4 Å². The lowest BCUT2D eigenvalue weighted by Crippen LogP contribution is -2.43. The van der Waals surface area contributed by atoms with Gasteiger partial charge < -0.3 is 14.5 Å². The molecule has 0 bridgehead atoms. The van der Waals surface area contributed by atoms with E-state index in [9.17, 15) is 9.59 Å². The Morgan fingerprint density at radius 2 is 1.67 bits per heavy atom. The number of para-hydroxylation sites is 1. The third-order valence-corrected chi connectivity index (χ3v) is 8.19. The van der Waals surface area contributed by atoms with Crippen molar-refractivity contribution in [2.45, 2.75) is 75.8 Å². The van der Waals surface area contributed by atoms with Crippen molar-refractivity contribution in [3.63, 3.8) is 0 Å². The molecule has 2 aromatic rings. The van der Waals surface area contributed by atoms with Crippen molar-refractivity contribution >= 4 is 23.2 Å². The van der Waals surface area contributed by atoms with Crippen molar-refractivity contribution in [1.82, 2.24) is 14.8 Å². The van der Waals surface area contributed by atoms with Gasteiger partial charge >= 0.3 is 0 Å². The highest BCUT2D eigenvalue weighted by Crippen LogP contribution is 2.36. The van der Waals surface area contributed by atoms with Gasteiger partial charge in [-0.1, -0.05) is 37.5 Å². The average molecular weight is 468 g/mol. The van der Waals surface area contributed by atoms with Gasteiger partial charge in [-0.15, -0.1) is 11.3 Å². The van der Waals surface area contributed by atoms with E-state index in [2.05, 4.69) is 4.90 Å². The second-order valence-electron chi connectivity index (χ2n) is 9.56. The first-order valence-electron chi connectivity index (χ1n) is 12.4. The predicted molar refractivity (Wildman–Crippen MR) is 129 cm³/mol. The number of nitrogens with zero attached hydrogens (tertiary/aromatic N) is 3. The Bertz CT molecular complexity index is 945. The monoisotopic (exact) mass is 467 g/mol. The Labute approximate surface area is 199 Å². The summed E-state index contributed by atoms with van der Waals surface area (Å²) in [6.45, 7) is 1.49. The molecule has 6 nitrogen and oxygen atoms in total. The number of aromatic nitrogens is 1. The zero-order valence-electron chi connectivity index (χ0n) is 19.2. The second kappa shape index (κ2) is 10.2. The third-order valence-electron chi connectivity index (χ3n) is 7.19. The molecule has 7 heteroatoms. The average Bonchev–Trinajstić information content (AvgIpc) is 3.58. The van der Waals surface area contributed by atoms with Gasteiger partial charge in [0.15, 0.2) is 6.61 Å². The summed E-state index contributed by atoms with van der Waals surface area (Å²) in [6.07, 6.45) is 10.1. The van der Waals surface area contributed by atoms with Gasteiger partial charge in [0.25, 0.3) is 11.8 Å². The SMILES string of the molecule is O=C(COc1ccccc1)N1CCC(c2nc(C(=O)N(C3CCCCC3)C3CC3)cs2)CC1. The van der Waals surface area contributed by atoms with Crippen LogP contribution in [0.3, 0.4) is 0 Å². The molecule has 3 fully saturated rings. The van der Waals surface area contributed by atoms with E-state index in [0.29, 0.717) is 42.5 Å². The maximum Gasteiger partial charge on any atom is 0.273 e. The minimum Gasteiger partial charge on any atom is -0.484 e. The van der Waals surface area contributed by atoms with E-state index in [0.717, 1.165) is 43.5 Å². The third kappa shape index (κ3) is 5.40. The van der Waals surface area contributed by atoms with E-state index < -0.39 is 0 Å². The van der Waals surface area contributed by atoms with Crippen LogP contribution in [0.2, 0.25) is 0 Å². The second-order valence-corrected chi connectivity index (χ2v) is 10.5. The van der Waals surface area contributed by atoms with E-state index in [1.807, 2.05) is 40.6 Å². The zero-order valence-corrected chi connectivity index (χ0v) is 20.0. The molecule has 0 unspecified atom stereocenters. The minimum absolute atomic E-state index is 0.0277. The smallest absolute Gasteiger partial charge is 0.273 e. The fourth-order valence-corrected chi connectivity index (χ4v) is 6.14. The molecule has 5 rings (SSSR count). The lowest BCUT2D eigenvalue weighted by atomic mass is 9.94. The van der Waals surface area contributed by atoms with Crippen molar-refractivity contribution in [2.75, 3.05) is 19.7 Å². The molecule has 2 aliphatic carbocycles. The van der Waals surface area contributed by atoms with E-state index in [1.54, 1.807) is 11.3 Å². The number of rotatable bonds is 7. The first kappa shape index (κ1) is 22.4. The molecule has 1 aromatic carbocycles. The molecule has 176 valence electrons. The number of amides is 2. The van der Waals surface area contributed by atoms with E-state index >= 15 is 0 Å². The van der Waals surface area contributed by atoms with Crippen LogP contribution in [0.1, 0.15) is 79.2 Å². The summed E-state index contributed by atoms with van der Waals surface area (Å²) >= 11 is 1.61. The number of benzene rings is 1. The molecule has 2 amide bonds. The quantitative estimate of drug-likeness (QED) is 0.583. The summed E-state index contributed by atoms with van der Waals surface area (Å²) in [5.74, 6) is 1.20. The number of carbonyl (C=O) groups is 2. The highest BCUT2D eigenvalue weighted by Gasteiger charge is 2.39. The number of ether oxygens (including phenoxy) is 1. The number of hydrogen-bond donors (Lipinski definition) is 0. The Morgan fingerprint density at radius 1 is 0.970 bits per heavy atom. The number of thiazole rings is 1. The number of hydrogen-bond acceptors (Lipinski definition) is 5. The van der Waals surface area contributed by atoms with Crippen molar-refractivity contribution in [3.8, 4) is 5.75 Å². The number of piperidine rings is 1. The molecule has 33 heavy (non-hydrogen) atoms. The molecule has 1 saturated heterocycles. The van der Waals surface area contributed by atoms with Crippen LogP contribution in [-0.2, 0) is 4.79 Å². The van der Waals surface area contributed by atoms with Gasteiger partial charge in [-0.25, -0.2) is 4.98 Å². The zero-order chi connectivity index (χ0) is 22.6. The molecule has 0 N–H and O–H groups in total. The summed E-state index contributed by atoms with van der Waals surface area (Å²) < 4.78 is 5.62. The van der Waals surface area contributed by atoms with Gasteiger partial charge in [0, 0.05) is 36.5 Å². The first-order chi connectivity index (χ1) is 16.2. The molecule has 3 aliphatic rings. The van der Waals surface area contributed by atoms with Crippen LogP contribution in [0.4, 0.5) is 0 Å². The molecule has 1 aromatic heterocycles. The fraction of sp³-hybridized carbons (Fsp3) is 0.577. The molecule has 2 saturated carbocycles. The van der Waals surface area contributed by atoms with Gasteiger partial charge in [0.1, 0.15) is 11.4 Å². The summed E-state index contributed by atoms with van der Waals surface area (Å²) in [5, 5.41) is 3.01. The molecule has 0 radical (unpaired) electrons. The van der Waals surface area contributed by atoms with Gasteiger partial charge in [0.05, 0.1) is 5.01 Å². The van der Waals surface area contributed by atoms with Crippen LogP contribution < -0.4 is 4.74 Å². The Kier molecular flexibility index (Phi) is 6.95. The fourth-order valence-electron chi connectivity index (χ4n) is 5.18. The Hall–Kier alpha value is -2.41. The van der Waals surface area contributed by atoms with Gasteiger partial charge in [-0.05, 0) is 50.7 Å². The summed E-state index contributed by atoms with van der Waals surface area (Å²) in [7, 11) is 0. The Morgan fingerprint density at radius 3 is 2.36 bits per heavy atom. The maximum absolute atomic E-state index is 13.4. The molecule has 2 heterocycles.